The lowest BCUT2D eigenvalue weighted by Crippen LogP contribution is -2.40. The fraction of sp³-hybridized carbons (Fsp3) is 0.529. The Hall–Kier alpha value is -2.64. The molecule has 1 aliphatic rings. The Morgan fingerprint density at radius 1 is 1.40 bits per heavy atom. The predicted molar refractivity (Wildman–Crippen MR) is 88.1 cm³/mol. The molecule has 0 saturated carbocycles. The molecule has 25 heavy (non-hydrogen) atoms. The summed E-state index contributed by atoms with van der Waals surface area (Å²) in [4.78, 5) is 25.5. The first-order chi connectivity index (χ1) is 12.0. The third kappa shape index (κ3) is 3.72. The van der Waals surface area contributed by atoms with Crippen LogP contribution in [0.1, 0.15) is 41.5 Å². The Morgan fingerprint density at radius 2 is 2.20 bits per heavy atom. The molecule has 1 amide bonds. The smallest absolute Gasteiger partial charge is 0.325 e. The summed E-state index contributed by atoms with van der Waals surface area (Å²) >= 11 is 0. The highest BCUT2D eigenvalue weighted by Crippen LogP contribution is 2.27. The number of carboxylic acids is 1. The molecule has 0 aliphatic carbocycles. The Morgan fingerprint density at radius 3 is 2.88 bits per heavy atom. The monoisotopic (exact) mass is 346 g/mol. The van der Waals surface area contributed by atoms with Gasteiger partial charge >= 0.3 is 5.97 Å². The fourth-order valence-corrected chi connectivity index (χ4v) is 3.41. The Bertz CT molecular complexity index is 760. The van der Waals surface area contributed by atoms with Crippen molar-refractivity contribution in [2.24, 2.45) is 0 Å². The van der Waals surface area contributed by atoms with E-state index in [9.17, 15) is 9.59 Å². The van der Waals surface area contributed by atoms with E-state index in [1.165, 1.54) is 4.68 Å². The highest BCUT2D eigenvalue weighted by Gasteiger charge is 2.28. The van der Waals surface area contributed by atoms with Crippen LogP contribution in [0.3, 0.4) is 0 Å². The average molecular weight is 346 g/mol. The molecular weight excluding hydrogens is 324 g/mol. The van der Waals surface area contributed by atoms with E-state index in [-0.39, 0.29) is 24.8 Å². The van der Waals surface area contributed by atoms with Gasteiger partial charge in [-0.1, -0.05) is 5.16 Å². The van der Waals surface area contributed by atoms with E-state index in [1.807, 2.05) is 24.8 Å². The maximum atomic E-state index is 12.7. The summed E-state index contributed by atoms with van der Waals surface area (Å²) in [6, 6.07) is 1.84. The number of nitrogens with zero attached hydrogens (tertiary/aromatic N) is 4. The van der Waals surface area contributed by atoms with Crippen LogP contribution in [-0.4, -0.2) is 49.9 Å². The zero-order valence-corrected chi connectivity index (χ0v) is 14.4. The van der Waals surface area contributed by atoms with Gasteiger partial charge in [-0.2, -0.15) is 5.10 Å². The van der Waals surface area contributed by atoms with Crippen LogP contribution in [0.4, 0.5) is 0 Å². The van der Waals surface area contributed by atoms with Crippen LogP contribution in [-0.2, 0) is 22.6 Å². The van der Waals surface area contributed by atoms with Gasteiger partial charge in [0.25, 0.3) is 0 Å². The second kappa shape index (κ2) is 7.08. The molecule has 0 bridgehead atoms. The first-order valence-corrected chi connectivity index (χ1v) is 8.38. The van der Waals surface area contributed by atoms with Crippen molar-refractivity contribution in [1.82, 2.24) is 19.8 Å². The molecule has 134 valence electrons. The zero-order valence-electron chi connectivity index (χ0n) is 14.4. The molecule has 1 aliphatic heterocycles. The Kier molecular flexibility index (Phi) is 4.87. The van der Waals surface area contributed by atoms with Gasteiger partial charge in [0.2, 0.25) is 5.91 Å². The summed E-state index contributed by atoms with van der Waals surface area (Å²) in [5, 5.41) is 17.0. The highest BCUT2D eigenvalue weighted by atomic mass is 16.5. The number of carbonyl (C=O) groups is 2. The number of amides is 1. The third-order valence-corrected chi connectivity index (χ3v) is 4.74. The van der Waals surface area contributed by atoms with Crippen molar-refractivity contribution in [2.45, 2.75) is 45.6 Å². The molecule has 2 aromatic rings. The summed E-state index contributed by atoms with van der Waals surface area (Å²) in [5.74, 6) is -0.0985. The van der Waals surface area contributed by atoms with Gasteiger partial charge in [-0.25, -0.2) is 0 Å². The highest BCUT2D eigenvalue weighted by molar-refractivity contribution is 5.79. The van der Waals surface area contributed by atoms with Gasteiger partial charge < -0.3 is 14.5 Å². The largest absolute Gasteiger partial charge is 0.480 e. The van der Waals surface area contributed by atoms with E-state index >= 15 is 0 Å². The Labute approximate surface area is 145 Å². The van der Waals surface area contributed by atoms with Gasteiger partial charge in [-0.05, 0) is 32.8 Å². The number of carbonyl (C=O) groups excluding carboxylic acids is 1. The van der Waals surface area contributed by atoms with Crippen LogP contribution in [0.25, 0.3) is 0 Å². The number of hydrogen-bond acceptors (Lipinski definition) is 5. The van der Waals surface area contributed by atoms with E-state index < -0.39 is 5.97 Å². The molecule has 1 N–H and O–H groups in total. The van der Waals surface area contributed by atoms with E-state index in [0.29, 0.717) is 18.8 Å². The number of aromatic nitrogens is 3. The van der Waals surface area contributed by atoms with Gasteiger partial charge in [-0.3, -0.25) is 14.3 Å². The second-order valence-corrected chi connectivity index (χ2v) is 6.47. The lowest BCUT2D eigenvalue weighted by molar-refractivity contribution is -0.138. The van der Waals surface area contributed by atoms with Gasteiger partial charge in [0, 0.05) is 36.5 Å². The standard InChI is InChI=1S/C17H22N4O4/c1-11-14(12(2)25-19-11)8-16(22)20-7-3-4-13(9-20)15-5-6-18-21(15)10-17(23)24/h5-6,13H,3-4,7-10H2,1-2H3,(H,23,24). The van der Waals surface area contributed by atoms with Crippen molar-refractivity contribution in [1.29, 1.82) is 0 Å². The molecule has 1 atom stereocenters. The van der Waals surface area contributed by atoms with Crippen LogP contribution < -0.4 is 0 Å². The molecule has 1 saturated heterocycles. The van der Waals surface area contributed by atoms with Crippen LogP contribution in [0.2, 0.25) is 0 Å². The molecule has 0 aromatic carbocycles. The van der Waals surface area contributed by atoms with Gasteiger partial charge in [0.15, 0.2) is 0 Å². The number of piperidine rings is 1. The van der Waals surface area contributed by atoms with E-state index in [2.05, 4.69) is 10.3 Å². The molecule has 3 heterocycles. The van der Waals surface area contributed by atoms with Crippen LogP contribution >= 0.6 is 0 Å². The van der Waals surface area contributed by atoms with E-state index in [0.717, 1.165) is 29.8 Å². The molecule has 8 nitrogen and oxygen atoms in total. The van der Waals surface area contributed by atoms with Crippen LogP contribution in [0.5, 0.6) is 0 Å². The van der Waals surface area contributed by atoms with Crippen molar-refractivity contribution in [3.63, 3.8) is 0 Å². The minimum atomic E-state index is -0.924. The molecule has 1 fully saturated rings. The van der Waals surface area contributed by atoms with Gasteiger partial charge in [-0.15, -0.1) is 0 Å². The minimum Gasteiger partial charge on any atom is -0.480 e. The molecule has 1 unspecified atom stereocenters. The number of likely N-dealkylation sites (tertiary alicyclic amines) is 1. The lowest BCUT2D eigenvalue weighted by Gasteiger charge is -2.33. The molecular formula is C17H22N4O4. The maximum Gasteiger partial charge on any atom is 0.325 e. The SMILES string of the molecule is Cc1noc(C)c1CC(=O)N1CCCC(c2ccnn2CC(=O)O)C1. The normalized spacial score (nSPS) is 17.7. The number of carboxylic acid groups (broad SMARTS) is 1. The van der Waals surface area contributed by atoms with Crippen molar-refractivity contribution in [2.75, 3.05) is 13.1 Å². The number of aryl methyl sites for hydroxylation is 2. The number of hydrogen-bond donors (Lipinski definition) is 1. The van der Waals surface area contributed by atoms with Gasteiger partial charge in [0.05, 0.1) is 12.1 Å². The van der Waals surface area contributed by atoms with Crippen LogP contribution in [0, 0.1) is 13.8 Å². The third-order valence-electron chi connectivity index (χ3n) is 4.74. The van der Waals surface area contributed by atoms with Crippen molar-refractivity contribution >= 4 is 11.9 Å². The minimum absolute atomic E-state index is 0.0448. The summed E-state index contributed by atoms with van der Waals surface area (Å²) in [7, 11) is 0. The fourth-order valence-electron chi connectivity index (χ4n) is 3.41. The average Bonchev–Trinajstić information content (AvgIpc) is 3.16. The molecule has 0 radical (unpaired) electrons. The number of aliphatic carboxylic acids is 1. The second-order valence-electron chi connectivity index (χ2n) is 6.47. The molecule has 2 aromatic heterocycles. The topological polar surface area (TPSA) is 101 Å². The molecule has 8 heteroatoms. The quantitative estimate of drug-likeness (QED) is 0.881. The van der Waals surface area contributed by atoms with E-state index in [4.69, 9.17) is 9.63 Å². The zero-order chi connectivity index (χ0) is 18.0. The first-order valence-electron chi connectivity index (χ1n) is 8.38. The van der Waals surface area contributed by atoms with Crippen LogP contribution in [0.15, 0.2) is 16.8 Å². The first kappa shape index (κ1) is 17.2. The summed E-state index contributed by atoms with van der Waals surface area (Å²) in [5.41, 5.74) is 2.47. The van der Waals surface area contributed by atoms with Crippen molar-refractivity contribution < 1.29 is 19.2 Å². The molecule has 3 rings (SSSR count). The predicted octanol–water partition coefficient (Wildman–Crippen LogP) is 1.52. The molecule has 0 spiro atoms. The maximum absolute atomic E-state index is 12.7. The van der Waals surface area contributed by atoms with E-state index in [1.54, 1.807) is 6.20 Å². The summed E-state index contributed by atoms with van der Waals surface area (Å²) < 4.78 is 6.64. The van der Waals surface area contributed by atoms with Crippen molar-refractivity contribution in [3.05, 3.63) is 35.0 Å². The summed E-state index contributed by atoms with van der Waals surface area (Å²) in [6.45, 7) is 4.78. The summed E-state index contributed by atoms with van der Waals surface area (Å²) in [6.07, 6.45) is 3.70. The lowest BCUT2D eigenvalue weighted by atomic mass is 9.94. The van der Waals surface area contributed by atoms with Crippen molar-refractivity contribution in [3.8, 4) is 0 Å². The number of rotatable bonds is 5. The Balaban J connectivity index is 1.70. The van der Waals surface area contributed by atoms with Gasteiger partial charge in [0.1, 0.15) is 12.3 Å².